The van der Waals surface area contributed by atoms with Crippen LogP contribution in [0, 0.1) is 0 Å². The number of hydrogen-bond donors (Lipinski definition) is 0. The number of benzene rings is 1. The normalized spacial score (nSPS) is 10.1. The van der Waals surface area contributed by atoms with Crippen LogP contribution in [-0.4, -0.2) is 12.9 Å². The number of para-hydroxylation sites is 1. The van der Waals surface area contributed by atoms with Gasteiger partial charge in [0.25, 0.3) is 0 Å². The third kappa shape index (κ3) is 4.47. The van der Waals surface area contributed by atoms with Crippen molar-refractivity contribution in [2.45, 2.75) is 39.0 Å². The maximum atomic E-state index is 10.2. The van der Waals surface area contributed by atoms with E-state index in [9.17, 15) is 4.79 Å². The highest BCUT2D eigenvalue weighted by Crippen LogP contribution is 2.20. The number of aldehydes is 1. The van der Waals surface area contributed by atoms with Crippen LogP contribution in [0.1, 0.15) is 38.2 Å². The molecule has 0 fully saturated rings. The van der Waals surface area contributed by atoms with E-state index in [2.05, 4.69) is 13.0 Å². The molecular formula is C14H20O2. The van der Waals surface area contributed by atoms with Crippen molar-refractivity contribution >= 4 is 6.29 Å². The van der Waals surface area contributed by atoms with Gasteiger partial charge in [0.15, 0.2) is 0 Å². The number of hydrogen-bond acceptors (Lipinski definition) is 2. The van der Waals surface area contributed by atoms with Crippen molar-refractivity contribution in [3.8, 4) is 5.75 Å². The standard InChI is InChI=1S/C14H20O2/c1-2-3-8-13-9-4-5-10-14(13)16-12-7-6-11-15/h4-5,9-11H,2-3,6-8,12H2,1H3. The van der Waals surface area contributed by atoms with Gasteiger partial charge in [-0.15, -0.1) is 0 Å². The molecule has 0 unspecified atom stereocenters. The van der Waals surface area contributed by atoms with Gasteiger partial charge in [-0.3, -0.25) is 0 Å². The Labute approximate surface area is 97.6 Å². The van der Waals surface area contributed by atoms with E-state index in [1.165, 1.54) is 18.4 Å². The molecule has 88 valence electrons. The first-order valence-corrected chi connectivity index (χ1v) is 6.02. The molecule has 2 nitrogen and oxygen atoms in total. The summed E-state index contributed by atoms with van der Waals surface area (Å²) in [5.41, 5.74) is 1.27. The van der Waals surface area contributed by atoms with Gasteiger partial charge in [0.2, 0.25) is 0 Å². The molecule has 0 heterocycles. The van der Waals surface area contributed by atoms with Crippen molar-refractivity contribution in [1.29, 1.82) is 0 Å². The first-order chi connectivity index (χ1) is 7.88. The zero-order valence-electron chi connectivity index (χ0n) is 9.95. The molecule has 0 aliphatic heterocycles. The Balaban J connectivity index is 2.46. The zero-order valence-corrected chi connectivity index (χ0v) is 9.95. The number of rotatable bonds is 8. The number of carbonyl (C=O) groups excluding carboxylic acids is 1. The molecule has 0 bridgehead atoms. The highest BCUT2D eigenvalue weighted by atomic mass is 16.5. The lowest BCUT2D eigenvalue weighted by molar-refractivity contribution is -0.108. The van der Waals surface area contributed by atoms with Crippen LogP contribution in [0.25, 0.3) is 0 Å². The van der Waals surface area contributed by atoms with Crippen LogP contribution >= 0.6 is 0 Å². The molecule has 0 saturated heterocycles. The van der Waals surface area contributed by atoms with Crippen LogP contribution in [0.5, 0.6) is 5.75 Å². The predicted molar refractivity (Wildman–Crippen MR) is 65.8 cm³/mol. The Morgan fingerprint density at radius 3 is 2.81 bits per heavy atom. The van der Waals surface area contributed by atoms with Gasteiger partial charge in [-0.25, -0.2) is 0 Å². The minimum atomic E-state index is 0.580. The fourth-order valence-corrected chi connectivity index (χ4v) is 1.57. The van der Waals surface area contributed by atoms with E-state index < -0.39 is 0 Å². The number of ether oxygens (including phenoxy) is 1. The smallest absolute Gasteiger partial charge is 0.122 e. The molecule has 0 atom stereocenters. The van der Waals surface area contributed by atoms with Crippen molar-refractivity contribution in [3.63, 3.8) is 0 Å². The van der Waals surface area contributed by atoms with Crippen molar-refractivity contribution < 1.29 is 9.53 Å². The van der Waals surface area contributed by atoms with Gasteiger partial charge in [0.05, 0.1) is 6.61 Å². The molecule has 0 aliphatic rings. The van der Waals surface area contributed by atoms with Crippen LogP contribution in [0.4, 0.5) is 0 Å². The van der Waals surface area contributed by atoms with E-state index in [1.807, 2.05) is 18.2 Å². The second kappa shape index (κ2) is 7.91. The van der Waals surface area contributed by atoms with E-state index in [0.717, 1.165) is 24.9 Å². The first kappa shape index (κ1) is 12.8. The Morgan fingerprint density at radius 2 is 2.06 bits per heavy atom. The summed E-state index contributed by atoms with van der Waals surface area (Å²) in [7, 11) is 0. The quantitative estimate of drug-likeness (QED) is 0.496. The van der Waals surface area contributed by atoms with Crippen molar-refractivity contribution in [2.24, 2.45) is 0 Å². The van der Waals surface area contributed by atoms with E-state index in [4.69, 9.17) is 4.74 Å². The van der Waals surface area contributed by atoms with Gasteiger partial charge in [-0.1, -0.05) is 31.5 Å². The number of unbranched alkanes of at least 4 members (excludes halogenated alkanes) is 2. The summed E-state index contributed by atoms with van der Waals surface area (Å²) in [6.45, 7) is 2.81. The summed E-state index contributed by atoms with van der Waals surface area (Å²) in [6.07, 6.45) is 5.77. The first-order valence-electron chi connectivity index (χ1n) is 6.02. The van der Waals surface area contributed by atoms with Gasteiger partial charge in [-0.2, -0.15) is 0 Å². The molecule has 1 rings (SSSR count). The Bertz CT molecular complexity index is 307. The molecule has 0 amide bonds. The molecule has 0 aromatic heterocycles. The van der Waals surface area contributed by atoms with Crippen molar-refractivity contribution in [1.82, 2.24) is 0 Å². The lowest BCUT2D eigenvalue weighted by atomic mass is 10.1. The molecule has 2 heteroatoms. The van der Waals surface area contributed by atoms with E-state index >= 15 is 0 Å². The maximum absolute atomic E-state index is 10.2. The summed E-state index contributed by atoms with van der Waals surface area (Å²) in [4.78, 5) is 10.2. The topological polar surface area (TPSA) is 26.3 Å². The minimum absolute atomic E-state index is 0.580. The van der Waals surface area contributed by atoms with Crippen LogP contribution in [0.15, 0.2) is 24.3 Å². The largest absolute Gasteiger partial charge is 0.493 e. The summed E-state index contributed by atoms with van der Waals surface area (Å²) in [5, 5.41) is 0. The lowest BCUT2D eigenvalue weighted by Crippen LogP contribution is -2.00. The highest BCUT2D eigenvalue weighted by Gasteiger charge is 2.01. The fourth-order valence-electron chi connectivity index (χ4n) is 1.57. The lowest BCUT2D eigenvalue weighted by Gasteiger charge is -2.10. The van der Waals surface area contributed by atoms with E-state index in [-0.39, 0.29) is 0 Å². The van der Waals surface area contributed by atoms with Gasteiger partial charge in [0, 0.05) is 6.42 Å². The summed E-state index contributed by atoms with van der Waals surface area (Å²) >= 11 is 0. The molecule has 16 heavy (non-hydrogen) atoms. The zero-order chi connectivity index (χ0) is 11.6. The Kier molecular flexibility index (Phi) is 6.31. The average Bonchev–Trinajstić information content (AvgIpc) is 2.33. The van der Waals surface area contributed by atoms with Crippen LogP contribution < -0.4 is 4.74 Å². The molecule has 0 aliphatic carbocycles. The van der Waals surface area contributed by atoms with Gasteiger partial charge < -0.3 is 9.53 Å². The number of carbonyl (C=O) groups is 1. The van der Waals surface area contributed by atoms with Crippen LogP contribution in [-0.2, 0) is 11.2 Å². The maximum Gasteiger partial charge on any atom is 0.122 e. The highest BCUT2D eigenvalue weighted by molar-refractivity contribution is 5.49. The van der Waals surface area contributed by atoms with Crippen LogP contribution in [0.2, 0.25) is 0 Å². The third-order valence-corrected chi connectivity index (χ3v) is 2.50. The summed E-state index contributed by atoms with van der Waals surface area (Å²) in [6, 6.07) is 8.16. The SMILES string of the molecule is CCCCc1ccccc1OCCCC=O. The minimum Gasteiger partial charge on any atom is -0.493 e. The molecule has 0 N–H and O–H groups in total. The van der Waals surface area contributed by atoms with E-state index in [1.54, 1.807) is 0 Å². The summed E-state index contributed by atoms with van der Waals surface area (Å²) in [5.74, 6) is 0.974. The average molecular weight is 220 g/mol. The molecule has 0 spiro atoms. The Morgan fingerprint density at radius 1 is 1.25 bits per heavy atom. The van der Waals surface area contributed by atoms with Crippen LogP contribution in [0.3, 0.4) is 0 Å². The molecule has 0 radical (unpaired) electrons. The van der Waals surface area contributed by atoms with Gasteiger partial charge in [-0.05, 0) is 30.9 Å². The molecule has 1 aromatic carbocycles. The van der Waals surface area contributed by atoms with Crippen molar-refractivity contribution in [3.05, 3.63) is 29.8 Å². The number of aryl methyl sites for hydroxylation is 1. The second-order valence-electron chi connectivity index (χ2n) is 3.87. The third-order valence-electron chi connectivity index (χ3n) is 2.50. The second-order valence-corrected chi connectivity index (χ2v) is 3.87. The van der Waals surface area contributed by atoms with Gasteiger partial charge >= 0.3 is 0 Å². The summed E-state index contributed by atoms with van der Waals surface area (Å²) < 4.78 is 5.68. The molecule has 1 aromatic rings. The monoisotopic (exact) mass is 220 g/mol. The predicted octanol–water partition coefficient (Wildman–Crippen LogP) is 3.39. The van der Waals surface area contributed by atoms with E-state index in [0.29, 0.717) is 13.0 Å². The fraction of sp³-hybridized carbons (Fsp3) is 0.500. The van der Waals surface area contributed by atoms with Gasteiger partial charge in [0.1, 0.15) is 12.0 Å². The molecule has 0 saturated carbocycles. The Hall–Kier alpha value is -1.31. The van der Waals surface area contributed by atoms with Crippen molar-refractivity contribution in [2.75, 3.05) is 6.61 Å². The molecular weight excluding hydrogens is 200 g/mol.